The lowest BCUT2D eigenvalue weighted by Crippen LogP contribution is -2.48. The van der Waals surface area contributed by atoms with Crippen molar-refractivity contribution in [1.29, 1.82) is 0 Å². The Morgan fingerprint density at radius 1 is 0.491 bits per heavy atom. The fraction of sp³-hybridized carbons (Fsp3) is 0.236. The van der Waals surface area contributed by atoms with Crippen LogP contribution in [0.2, 0.25) is 0 Å². The van der Waals surface area contributed by atoms with E-state index in [1.807, 2.05) is 0 Å². The smallest absolute Gasteiger partial charge is 0.159 e. The van der Waals surface area contributed by atoms with E-state index in [2.05, 4.69) is 176 Å². The van der Waals surface area contributed by atoms with Crippen molar-refractivity contribution in [3.05, 3.63) is 174 Å². The molecule has 4 bridgehead atoms. The predicted octanol–water partition coefficient (Wildman–Crippen LogP) is 15.2. The van der Waals surface area contributed by atoms with Crippen molar-refractivity contribution >= 4 is 39.0 Å². The molecule has 0 atom stereocenters. The molecule has 7 aromatic carbocycles. The van der Waals surface area contributed by atoms with Gasteiger partial charge in [-0.05, 0) is 154 Å². The van der Waals surface area contributed by atoms with Gasteiger partial charge < -0.3 is 9.32 Å². The summed E-state index contributed by atoms with van der Waals surface area (Å²) in [5, 5.41) is 2.26. The minimum absolute atomic E-state index is 0.177. The Morgan fingerprint density at radius 2 is 1.05 bits per heavy atom. The van der Waals surface area contributed by atoms with Crippen LogP contribution in [0.1, 0.15) is 69.1 Å². The van der Waals surface area contributed by atoms with Gasteiger partial charge in [-0.3, -0.25) is 0 Å². The first-order valence-corrected chi connectivity index (χ1v) is 21.2. The van der Waals surface area contributed by atoms with Crippen LogP contribution in [-0.4, -0.2) is 0 Å². The summed E-state index contributed by atoms with van der Waals surface area (Å²) in [6, 6.07) is 58.6. The van der Waals surface area contributed by atoms with Crippen molar-refractivity contribution in [2.75, 3.05) is 4.90 Å². The maximum atomic E-state index is 6.67. The first kappa shape index (κ1) is 33.3. The van der Waals surface area contributed by atoms with E-state index in [-0.39, 0.29) is 5.41 Å². The van der Waals surface area contributed by atoms with Crippen LogP contribution < -0.4 is 4.90 Å². The standard InChI is InChI=1S/C55H47NO/c1-54(2)49-30-41(40-15-20-42(21-16-40)55-32-35-27-36(33-55)29-37(28-35)34-55)19-25-45(49)46-26-24-44(31-50(46)54)56(43-22-17-39(18-23-43)38-9-4-3-5-10-38)51-13-8-12-48-47-11-6-7-14-52(47)57-53(48)51/h3-26,30-31,35-37H,27-29,32-34H2,1-2H3. The van der Waals surface area contributed by atoms with Gasteiger partial charge in [-0.1, -0.05) is 129 Å². The zero-order valence-corrected chi connectivity index (χ0v) is 32.8. The van der Waals surface area contributed by atoms with Crippen LogP contribution in [0.3, 0.4) is 0 Å². The Bertz CT molecular complexity index is 2810. The lowest BCUT2D eigenvalue weighted by atomic mass is 9.48. The summed E-state index contributed by atoms with van der Waals surface area (Å²) < 4.78 is 6.67. The monoisotopic (exact) mass is 737 g/mol. The summed E-state index contributed by atoms with van der Waals surface area (Å²) in [6.07, 6.45) is 8.71. The van der Waals surface area contributed by atoms with E-state index in [0.717, 1.165) is 56.8 Å². The number of furan rings is 1. The molecule has 278 valence electrons. The molecule has 13 rings (SSSR count). The molecular weight excluding hydrogens is 691 g/mol. The van der Waals surface area contributed by atoms with Crippen molar-refractivity contribution in [2.24, 2.45) is 17.8 Å². The molecule has 1 aromatic heterocycles. The van der Waals surface area contributed by atoms with Gasteiger partial charge >= 0.3 is 0 Å². The summed E-state index contributed by atoms with van der Waals surface area (Å²) in [5.41, 5.74) is 17.4. The Morgan fingerprint density at radius 3 is 1.79 bits per heavy atom. The van der Waals surface area contributed by atoms with E-state index in [4.69, 9.17) is 4.42 Å². The molecular formula is C55H47NO. The lowest BCUT2D eigenvalue weighted by molar-refractivity contribution is -0.00518. The Labute approximate surface area is 335 Å². The highest BCUT2D eigenvalue weighted by Gasteiger charge is 2.51. The summed E-state index contributed by atoms with van der Waals surface area (Å²) in [7, 11) is 0. The molecule has 57 heavy (non-hydrogen) atoms. The number of hydrogen-bond acceptors (Lipinski definition) is 2. The van der Waals surface area contributed by atoms with E-state index in [1.165, 1.54) is 83.0 Å². The van der Waals surface area contributed by atoms with Gasteiger partial charge in [0.1, 0.15) is 5.58 Å². The average Bonchev–Trinajstić information content (AvgIpc) is 3.73. The van der Waals surface area contributed by atoms with Gasteiger partial charge in [-0.2, -0.15) is 0 Å². The zero-order valence-electron chi connectivity index (χ0n) is 32.8. The number of fused-ring (bicyclic) bond motifs is 6. The van der Waals surface area contributed by atoms with Crippen LogP contribution in [0.25, 0.3) is 55.3 Å². The fourth-order valence-electron chi connectivity index (χ4n) is 12.3. The SMILES string of the molecule is CC1(C)c2cc(-c3ccc(C45CC6CC(CC(C6)C4)C5)cc3)ccc2-c2ccc(N(c3ccc(-c4ccccc4)cc3)c3cccc4c3oc3ccccc34)cc21. The molecule has 0 saturated heterocycles. The molecule has 0 amide bonds. The van der Waals surface area contributed by atoms with Crippen LogP contribution in [0, 0.1) is 17.8 Å². The van der Waals surface area contributed by atoms with Crippen LogP contribution in [-0.2, 0) is 10.8 Å². The highest BCUT2D eigenvalue weighted by atomic mass is 16.3. The predicted molar refractivity (Wildman–Crippen MR) is 237 cm³/mol. The lowest BCUT2D eigenvalue weighted by Gasteiger charge is -2.57. The second kappa shape index (κ2) is 12.3. The topological polar surface area (TPSA) is 16.4 Å². The molecule has 5 aliphatic rings. The van der Waals surface area contributed by atoms with Crippen molar-refractivity contribution in [3.8, 4) is 33.4 Å². The molecule has 2 nitrogen and oxygen atoms in total. The van der Waals surface area contributed by atoms with E-state index < -0.39 is 0 Å². The highest BCUT2D eigenvalue weighted by Crippen LogP contribution is 2.61. The van der Waals surface area contributed by atoms with Crippen LogP contribution in [0.15, 0.2) is 162 Å². The zero-order chi connectivity index (χ0) is 37.9. The summed E-state index contributed by atoms with van der Waals surface area (Å²) in [4.78, 5) is 2.38. The third-order valence-electron chi connectivity index (χ3n) is 14.6. The highest BCUT2D eigenvalue weighted by molar-refractivity contribution is 6.10. The Balaban J connectivity index is 0.927. The normalized spacial score (nSPS) is 22.5. The third-order valence-corrected chi connectivity index (χ3v) is 14.6. The van der Waals surface area contributed by atoms with E-state index in [1.54, 1.807) is 5.56 Å². The van der Waals surface area contributed by atoms with Crippen molar-refractivity contribution in [2.45, 2.75) is 63.2 Å². The molecule has 5 aliphatic carbocycles. The minimum Gasteiger partial charge on any atom is -0.454 e. The van der Waals surface area contributed by atoms with Gasteiger partial charge in [0.05, 0.1) is 5.69 Å². The molecule has 1 heterocycles. The Hall–Kier alpha value is -5.86. The fourth-order valence-corrected chi connectivity index (χ4v) is 12.3. The van der Waals surface area contributed by atoms with Gasteiger partial charge in [0.25, 0.3) is 0 Å². The molecule has 8 aromatic rings. The minimum atomic E-state index is -0.177. The summed E-state index contributed by atoms with van der Waals surface area (Å²) >= 11 is 0. The first-order chi connectivity index (χ1) is 27.9. The second-order valence-electron chi connectivity index (χ2n) is 18.4. The second-order valence-corrected chi connectivity index (χ2v) is 18.4. The molecule has 2 heteroatoms. The number of rotatable bonds is 6. The van der Waals surface area contributed by atoms with Gasteiger partial charge in [0.2, 0.25) is 0 Å². The Kier molecular flexibility index (Phi) is 7.20. The van der Waals surface area contributed by atoms with Gasteiger partial charge in [0, 0.05) is 27.6 Å². The van der Waals surface area contributed by atoms with Crippen LogP contribution in [0.5, 0.6) is 0 Å². The average molecular weight is 738 g/mol. The first-order valence-electron chi connectivity index (χ1n) is 21.2. The van der Waals surface area contributed by atoms with Crippen molar-refractivity contribution < 1.29 is 4.42 Å². The number of para-hydroxylation sites is 2. The quantitative estimate of drug-likeness (QED) is 0.169. The number of hydrogen-bond donors (Lipinski definition) is 0. The molecule has 0 radical (unpaired) electrons. The summed E-state index contributed by atoms with van der Waals surface area (Å²) in [5.74, 6) is 2.88. The molecule has 0 unspecified atom stereocenters. The van der Waals surface area contributed by atoms with Gasteiger partial charge in [0.15, 0.2) is 5.58 Å². The van der Waals surface area contributed by atoms with E-state index in [0.29, 0.717) is 5.41 Å². The molecule has 0 N–H and O–H groups in total. The molecule has 4 saturated carbocycles. The van der Waals surface area contributed by atoms with Crippen molar-refractivity contribution in [3.63, 3.8) is 0 Å². The van der Waals surface area contributed by atoms with Gasteiger partial charge in [-0.15, -0.1) is 0 Å². The number of benzene rings is 7. The third kappa shape index (κ3) is 5.15. The molecule has 4 fully saturated rings. The number of nitrogens with zero attached hydrogens (tertiary/aromatic N) is 1. The van der Waals surface area contributed by atoms with Crippen LogP contribution in [0.4, 0.5) is 17.1 Å². The van der Waals surface area contributed by atoms with Crippen LogP contribution >= 0.6 is 0 Å². The summed E-state index contributed by atoms with van der Waals surface area (Å²) in [6.45, 7) is 4.81. The van der Waals surface area contributed by atoms with Gasteiger partial charge in [-0.25, -0.2) is 0 Å². The number of anilines is 3. The largest absolute Gasteiger partial charge is 0.454 e. The van der Waals surface area contributed by atoms with E-state index in [9.17, 15) is 0 Å². The van der Waals surface area contributed by atoms with Crippen molar-refractivity contribution in [1.82, 2.24) is 0 Å². The molecule has 0 spiro atoms. The maximum Gasteiger partial charge on any atom is 0.159 e. The molecule has 0 aliphatic heterocycles. The maximum absolute atomic E-state index is 6.67. The van der Waals surface area contributed by atoms with E-state index >= 15 is 0 Å².